The first-order valence-corrected chi connectivity index (χ1v) is 10.2. The monoisotopic (exact) mass is 432 g/mol. The molecule has 2 N–H and O–H groups in total. The lowest BCUT2D eigenvalue weighted by Crippen LogP contribution is -2.42. The van der Waals surface area contributed by atoms with Gasteiger partial charge in [0.05, 0.1) is 23.5 Å². The number of nitrogens with zero attached hydrogens (tertiary/aromatic N) is 2. The lowest BCUT2D eigenvalue weighted by molar-refractivity contribution is -0.117. The van der Waals surface area contributed by atoms with Gasteiger partial charge < -0.3 is 10.6 Å². The van der Waals surface area contributed by atoms with Gasteiger partial charge in [0.1, 0.15) is 12.5 Å². The third-order valence-corrected chi connectivity index (χ3v) is 5.10. The van der Waals surface area contributed by atoms with E-state index in [4.69, 9.17) is 11.6 Å². The summed E-state index contributed by atoms with van der Waals surface area (Å²) >= 11 is 6.11. The van der Waals surface area contributed by atoms with Gasteiger partial charge in [0.15, 0.2) is 0 Å². The molecule has 30 heavy (non-hydrogen) atoms. The second kappa shape index (κ2) is 8.60. The number of carbonyl (C=O) groups is 1. The van der Waals surface area contributed by atoms with Crippen LogP contribution in [0.25, 0.3) is 11.3 Å². The van der Waals surface area contributed by atoms with Gasteiger partial charge in [0, 0.05) is 28.3 Å². The van der Waals surface area contributed by atoms with Gasteiger partial charge in [-0.15, -0.1) is 0 Å². The topological polar surface area (TPSA) is 76.0 Å². The lowest BCUT2D eigenvalue weighted by Gasteiger charge is -2.26. The zero-order valence-corrected chi connectivity index (χ0v) is 18.1. The van der Waals surface area contributed by atoms with E-state index in [1.807, 2.05) is 0 Å². The molecule has 1 aliphatic carbocycles. The molecular weight excluding hydrogens is 407 g/mol. The van der Waals surface area contributed by atoms with Crippen LogP contribution in [-0.2, 0) is 11.3 Å². The molecule has 0 atom stereocenters. The molecule has 6 nitrogen and oxygen atoms in total. The number of hydrogen-bond acceptors (Lipinski definition) is 4. The van der Waals surface area contributed by atoms with E-state index in [0.29, 0.717) is 33.5 Å². The number of carbonyl (C=O) groups excluding carboxylic acids is 1. The van der Waals surface area contributed by atoms with Crippen LogP contribution in [0, 0.1) is 12.8 Å². The van der Waals surface area contributed by atoms with Crippen LogP contribution in [0.3, 0.4) is 0 Å². The molecule has 1 heterocycles. The van der Waals surface area contributed by atoms with Gasteiger partial charge >= 0.3 is 0 Å². The molecule has 1 aromatic heterocycles. The van der Waals surface area contributed by atoms with E-state index in [1.165, 1.54) is 10.6 Å². The Morgan fingerprint density at radius 2 is 2.07 bits per heavy atom. The van der Waals surface area contributed by atoms with E-state index >= 15 is 0 Å². The Hall–Kier alpha value is -2.67. The van der Waals surface area contributed by atoms with Crippen LogP contribution in [0.2, 0.25) is 5.02 Å². The number of benzene rings is 1. The maximum atomic E-state index is 13.1. The van der Waals surface area contributed by atoms with Crippen LogP contribution in [0.5, 0.6) is 0 Å². The molecule has 2 aromatic rings. The van der Waals surface area contributed by atoms with Crippen LogP contribution in [0.1, 0.15) is 32.5 Å². The molecule has 1 aliphatic rings. The zero-order valence-electron chi connectivity index (χ0n) is 17.4. The van der Waals surface area contributed by atoms with E-state index in [9.17, 15) is 14.0 Å². The first kappa shape index (κ1) is 22.0. The molecule has 0 saturated heterocycles. The Kier molecular flexibility index (Phi) is 6.31. The molecule has 1 saturated carbocycles. The normalized spacial score (nSPS) is 13.8. The van der Waals surface area contributed by atoms with Crippen molar-refractivity contribution in [1.29, 1.82) is 0 Å². The highest BCUT2D eigenvalue weighted by atomic mass is 35.5. The molecule has 1 aromatic carbocycles. The van der Waals surface area contributed by atoms with Gasteiger partial charge in [-0.05, 0) is 51.8 Å². The van der Waals surface area contributed by atoms with Gasteiger partial charge in [-0.3, -0.25) is 14.2 Å². The highest BCUT2D eigenvalue weighted by molar-refractivity contribution is 6.31. The van der Waals surface area contributed by atoms with Gasteiger partial charge in [-0.2, -0.15) is 0 Å². The number of amides is 1. The lowest BCUT2D eigenvalue weighted by atomic mass is 10.1. The first-order chi connectivity index (χ1) is 14.1. The SMILES string of the molecule is C=C(Cn1c(C)nc(-c2ccc(Cl)cc2NC(=O)C2CC2)cc1=O)NC(C)(C)CF. The molecule has 0 unspecified atom stereocenters. The van der Waals surface area contributed by atoms with Gasteiger partial charge in [0.2, 0.25) is 5.91 Å². The van der Waals surface area contributed by atoms with Crippen LogP contribution < -0.4 is 16.2 Å². The van der Waals surface area contributed by atoms with Crippen molar-refractivity contribution in [2.24, 2.45) is 5.92 Å². The van der Waals surface area contributed by atoms with Crippen molar-refractivity contribution in [3.63, 3.8) is 0 Å². The standard InChI is InChI=1S/C22H26ClFN4O2/c1-13(27-22(3,4)12-24)11-28-14(2)25-19(10-20(28)29)17-8-7-16(23)9-18(17)26-21(30)15-5-6-15/h7-10,15,27H,1,5-6,11-12H2,2-4H3,(H,26,30). The van der Waals surface area contributed by atoms with Crippen molar-refractivity contribution >= 4 is 23.2 Å². The van der Waals surface area contributed by atoms with Gasteiger partial charge in [-0.25, -0.2) is 9.37 Å². The number of aryl methyl sites for hydroxylation is 1. The van der Waals surface area contributed by atoms with Crippen LogP contribution in [0.4, 0.5) is 10.1 Å². The number of hydrogen-bond donors (Lipinski definition) is 2. The molecule has 1 fully saturated rings. The minimum absolute atomic E-state index is 0.0339. The zero-order chi connectivity index (χ0) is 22.1. The summed E-state index contributed by atoms with van der Waals surface area (Å²) in [5, 5.41) is 6.37. The summed E-state index contributed by atoms with van der Waals surface area (Å²) in [6, 6.07) is 6.50. The van der Waals surface area contributed by atoms with Crippen LogP contribution >= 0.6 is 11.6 Å². The molecule has 0 aliphatic heterocycles. The number of rotatable bonds is 8. The summed E-state index contributed by atoms with van der Waals surface area (Å²) in [6.45, 7) is 8.65. The molecule has 0 radical (unpaired) electrons. The molecule has 0 bridgehead atoms. The predicted octanol–water partition coefficient (Wildman–Crippen LogP) is 4.07. The summed E-state index contributed by atoms with van der Waals surface area (Å²) in [4.78, 5) is 29.6. The smallest absolute Gasteiger partial charge is 0.254 e. The highest BCUT2D eigenvalue weighted by Crippen LogP contribution is 2.33. The maximum absolute atomic E-state index is 13.1. The number of halogens is 2. The fourth-order valence-electron chi connectivity index (χ4n) is 3.12. The number of anilines is 1. The molecule has 8 heteroatoms. The maximum Gasteiger partial charge on any atom is 0.254 e. The average molecular weight is 433 g/mol. The minimum atomic E-state index is -0.764. The highest BCUT2D eigenvalue weighted by Gasteiger charge is 2.30. The summed E-state index contributed by atoms with van der Waals surface area (Å²) in [6.07, 6.45) is 1.76. The van der Waals surface area contributed by atoms with Crippen LogP contribution in [-0.4, -0.2) is 27.7 Å². The largest absolute Gasteiger partial charge is 0.380 e. The second-order valence-electron chi connectivity index (χ2n) is 8.31. The van der Waals surface area contributed by atoms with Crippen molar-refractivity contribution in [2.75, 3.05) is 12.0 Å². The van der Waals surface area contributed by atoms with Gasteiger partial charge in [0.25, 0.3) is 5.56 Å². The molecule has 0 spiro atoms. The molecule has 160 valence electrons. The third kappa shape index (κ3) is 5.27. The number of nitrogens with one attached hydrogen (secondary N) is 2. The summed E-state index contributed by atoms with van der Waals surface area (Å²) in [5.74, 6) is 0.459. The van der Waals surface area contributed by atoms with Gasteiger partial charge in [-0.1, -0.05) is 18.2 Å². The number of alkyl halides is 1. The van der Waals surface area contributed by atoms with E-state index in [1.54, 1.807) is 39.0 Å². The number of allylic oxidation sites excluding steroid dienone is 1. The molecule has 1 amide bonds. The predicted molar refractivity (Wildman–Crippen MR) is 117 cm³/mol. The summed E-state index contributed by atoms with van der Waals surface area (Å²) in [7, 11) is 0. The Bertz CT molecular complexity index is 1040. The Labute approximate surface area is 180 Å². The van der Waals surface area contributed by atoms with Crippen molar-refractivity contribution in [3.05, 3.63) is 57.7 Å². The van der Waals surface area contributed by atoms with Crippen molar-refractivity contribution in [2.45, 2.75) is 45.7 Å². The van der Waals surface area contributed by atoms with Crippen molar-refractivity contribution < 1.29 is 9.18 Å². The second-order valence-corrected chi connectivity index (χ2v) is 8.75. The fraction of sp³-hybridized carbons (Fsp3) is 0.409. The quantitative estimate of drug-likeness (QED) is 0.659. The number of aromatic nitrogens is 2. The molecular formula is C22H26ClFN4O2. The Morgan fingerprint density at radius 1 is 1.37 bits per heavy atom. The van der Waals surface area contributed by atoms with Crippen molar-refractivity contribution in [1.82, 2.24) is 14.9 Å². The minimum Gasteiger partial charge on any atom is -0.380 e. The molecule has 3 rings (SSSR count). The first-order valence-electron chi connectivity index (χ1n) is 9.81. The Morgan fingerprint density at radius 3 is 2.67 bits per heavy atom. The summed E-state index contributed by atoms with van der Waals surface area (Å²) < 4.78 is 14.5. The summed E-state index contributed by atoms with van der Waals surface area (Å²) in [5.41, 5.74) is 1.07. The van der Waals surface area contributed by atoms with E-state index in [2.05, 4.69) is 22.2 Å². The average Bonchev–Trinajstić information content (AvgIpc) is 3.49. The van der Waals surface area contributed by atoms with Crippen molar-refractivity contribution in [3.8, 4) is 11.3 Å². The van der Waals surface area contributed by atoms with E-state index < -0.39 is 12.2 Å². The van der Waals surface area contributed by atoms with E-state index in [-0.39, 0.29) is 23.9 Å². The Balaban J connectivity index is 1.89. The van der Waals surface area contributed by atoms with E-state index in [0.717, 1.165) is 12.8 Å². The van der Waals surface area contributed by atoms with Crippen LogP contribution in [0.15, 0.2) is 41.3 Å². The fourth-order valence-corrected chi connectivity index (χ4v) is 3.29. The third-order valence-electron chi connectivity index (χ3n) is 4.86.